The number of benzene rings is 1. The van der Waals surface area contributed by atoms with E-state index in [-0.39, 0.29) is 0 Å². The summed E-state index contributed by atoms with van der Waals surface area (Å²) in [6.07, 6.45) is 2.16. The fraction of sp³-hybridized carbons (Fsp3) is 0.100. The highest BCUT2D eigenvalue weighted by Crippen LogP contribution is 2.01. The average molecular weight is 159 g/mol. The largest absolute Gasteiger partial charge is 0.374 e. The number of nitriles is 1. The summed E-state index contributed by atoms with van der Waals surface area (Å²) in [5.74, 6) is 0. The second-order valence-electron chi connectivity index (χ2n) is 2.34. The van der Waals surface area contributed by atoms with Gasteiger partial charge in [0.15, 0.2) is 6.10 Å². The quantitative estimate of drug-likeness (QED) is 0.666. The van der Waals surface area contributed by atoms with Crippen LogP contribution < -0.4 is 0 Å². The molecule has 0 amide bonds. The van der Waals surface area contributed by atoms with Gasteiger partial charge in [0.2, 0.25) is 0 Å². The van der Waals surface area contributed by atoms with Gasteiger partial charge in [0, 0.05) is 0 Å². The van der Waals surface area contributed by atoms with E-state index >= 15 is 0 Å². The maximum absolute atomic E-state index is 8.87. The Morgan fingerprint density at radius 3 is 2.58 bits per heavy atom. The molecule has 1 N–H and O–H groups in total. The van der Waals surface area contributed by atoms with Crippen LogP contribution in [0, 0.1) is 11.3 Å². The van der Waals surface area contributed by atoms with Crippen molar-refractivity contribution in [3.63, 3.8) is 0 Å². The van der Waals surface area contributed by atoms with Gasteiger partial charge in [-0.05, 0) is 11.6 Å². The van der Waals surface area contributed by atoms with Crippen LogP contribution in [-0.4, -0.2) is 11.2 Å². The molecular weight excluding hydrogens is 150 g/mol. The number of rotatable bonds is 2. The number of hydrogen-bond donors (Lipinski definition) is 1. The molecule has 1 aromatic rings. The van der Waals surface area contributed by atoms with Gasteiger partial charge in [0.05, 0.1) is 6.07 Å². The number of aliphatic hydroxyl groups is 1. The van der Waals surface area contributed by atoms with Crippen molar-refractivity contribution in [3.05, 3.63) is 42.0 Å². The summed E-state index contributed by atoms with van der Waals surface area (Å²) in [7, 11) is 0. The summed E-state index contributed by atoms with van der Waals surface area (Å²) in [4.78, 5) is 0. The van der Waals surface area contributed by atoms with Crippen LogP contribution in [0.3, 0.4) is 0 Å². The number of aliphatic hydroxyl groups excluding tert-OH is 1. The van der Waals surface area contributed by atoms with Crippen molar-refractivity contribution in [2.75, 3.05) is 0 Å². The highest BCUT2D eigenvalue weighted by atomic mass is 16.3. The lowest BCUT2D eigenvalue weighted by Crippen LogP contribution is -1.94. The van der Waals surface area contributed by atoms with E-state index < -0.39 is 6.10 Å². The Bertz CT molecular complexity index is 297. The maximum Gasteiger partial charge on any atom is 0.159 e. The molecule has 0 radical (unpaired) electrons. The molecular formula is C10H9NO. The third-order valence-corrected chi connectivity index (χ3v) is 1.40. The molecule has 1 aromatic carbocycles. The van der Waals surface area contributed by atoms with Crippen molar-refractivity contribution in [3.8, 4) is 6.07 Å². The second-order valence-corrected chi connectivity index (χ2v) is 2.34. The topological polar surface area (TPSA) is 44.0 Å². The Kier molecular flexibility index (Phi) is 3.06. The van der Waals surface area contributed by atoms with Crippen molar-refractivity contribution in [1.29, 1.82) is 5.26 Å². The average Bonchev–Trinajstić information content (AvgIpc) is 2.16. The normalized spacial score (nSPS) is 12.7. The van der Waals surface area contributed by atoms with E-state index in [1.165, 1.54) is 6.08 Å². The first kappa shape index (κ1) is 8.51. The van der Waals surface area contributed by atoms with Crippen LogP contribution in [0.15, 0.2) is 36.4 Å². The predicted molar refractivity (Wildman–Crippen MR) is 47.1 cm³/mol. The molecule has 2 heteroatoms. The fourth-order valence-corrected chi connectivity index (χ4v) is 0.809. The maximum atomic E-state index is 8.87. The Morgan fingerprint density at radius 2 is 2.00 bits per heavy atom. The van der Waals surface area contributed by atoms with Gasteiger partial charge in [-0.15, -0.1) is 0 Å². The van der Waals surface area contributed by atoms with E-state index in [2.05, 4.69) is 0 Å². The highest BCUT2D eigenvalue weighted by molar-refractivity contribution is 5.49. The zero-order valence-corrected chi connectivity index (χ0v) is 6.51. The van der Waals surface area contributed by atoms with Gasteiger partial charge >= 0.3 is 0 Å². The van der Waals surface area contributed by atoms with Crippen molar-refractivity contribution in [2.24, 2.45) is 0 Å². The van der Waals surface area contributed by atoms with Crippen molar-refractivity contribution < 1.29 is 5.11 Å². The van der Waals surface area contributed by atoms with E-state index in [0.29, 0.717) is 0 Å². The van der Waals surface area contributed by atoms with Crippen molar-refractivity contribution >= 4 is 6.08 Å². The third kappa shape index (κ3) is 2.57. The first-order valence-electron chi connectivity index (χ1n) is 3.64. The van der Waals surface area contributed by atoms with E-state index in [9.17, 15) is 0 Å². The van der Waals surface area contributed by atoms with Crippen LogP contribution >= 0.6 is 0 Å². The van der Waals surface area contributed by atoms with Gasteiger partial charge in [0.1, 0.15) is 0 Å². The van der Waals surface area contributed by atoms with Gasteiger partial charge in [-0.1, -0.05) is 36.4 Å². The Labute approximate surface area is 71.4 Å². The molecule has 60 valence electrons. The SMILES string of the molecule is N#CC(O)/C=C/c1ccccc1. The van der Waals surface area contributed by atoms with Crippen LogP contribution in [0.4, 0.5) is 0 Å². The molecule has 1 unspecified atom stereocenters. The monoisotopic (exact) mass is 159 g/mol. The van der Waals surface area contributed by atoms with Crippen LogP contribution in [0.5, 0.6) is 0 Å². The summed E-state index contributed by atoms with van der Waals surface area (Å²) < 4.78 is 0. The molecule has 0 aromatic heterocycles. The van der Waals surface area contributed by atoms with Crippen LogP contribution in [-0.2, 0) is 0 Å². The van der Waals surface area contributed by atoms with Crippen LogP contribution in [0.25, 0.3) is 6.08 Å². The van der Waals surface area contributed by atoms with Crippen molar-refractivity contribution in [1.82, 2.24) is 0 Å². The molecule has 0 fully saturated rings. The predicted octanol–water partition coefficient (Wildman–Crippen LogP) is 1.58. The van der Waals surface area contributed by atoms with Gasteiger partial charge in [-0.3, -0.25) is 0 Å². The Hall–Kier alpha value is -1.59. The summed E-state index contributed by atoms with van der Waals surface area (Å²) in [6.45, 7) is 0. The van der Waals surface area contributed by atoms with Crippen molar-refractivity contribution in [2.45, 2.75) is 6.10 Å². The zero-order valence-electron chi connectivity index (χ0n) is 6.51. The third-order valence-electron chi connectivity index (χ3n) is 1.40. The zero-order chi connectivity index (χ0) is 8.81. The second kappa shape index (κ2) is 4.32. The van der Waals surface area contributed by atoms with E-state index in [0.717, 1.165) is 5.56 Å². The Balaban J connectivity index is 2.65. The lowest BCUT2D eigenvalue weighted by molar-refractivity contribution is 0.279. The van der Waals surface area contributed by atoms with Gasteiger partial charge in [-0.25, -0.2) is 0 Å². The summed E-state index contributed by atoms with van der Waals surface area (Å²) in [5, 5.41) is 17.1. The minimum Gasteiger partial charge on any atom is -0.374 e. The van der Waals surface area contributed by atoms with E-state index in [4.69, 9.17) is 10.4 Å². The summed E-state index contributed by atoms with van der Waals surface area (Å²) in [6, 6.07) is 11.2. The molecule has 0 heterocycles. The molecule has 1 atom stereocenters. The highest BCUT2D eigenvalue weighted by Gasteiger charge is 1.91. The first-order chi connectivity index (χ1) is 5.83. The van der Waals surface area contributed by atoms with E-state index in [1.54, 1.807) is 12.1 Å². The lowest BCUT2D eigenvalue weighted by atomic mass is 10.2. The number of nitrogens with zero attached hydrogens (tertiary/aromatic N) is 1. The van der Waals surface area contributed by atoms with Gasteiger partial charge in [-0.2, -0.15) is 5.26 Å². The minimum atomic E-state index is -1.01. The molecule has 0 aliphatic rings. The van der Waals surface area contributed by atoms with E-state index in [1.807, 2.05) is 30.3 Å². The molecule has 0 saturated carbocycles. The molecule has 1 rings (SSSR count). The van der Waals surface area contributed by atoms with Gasteiger partial charge in [0.25, 0.3) is 0 Å². The molecule has 0 aliphatic heterocycles. The van der Waals surface area contributed by atoms with Gasteiger partial charge < -0.3 is 5.11 Å². The first-order valence-corrected chi connectivity index (χ1v) is 3.64. The minimum absolute atomic E-state index is 0.979. The van der Waals surface area contributed by atoms with Crippen LogP contribution in [0.2, 0.25) is 0 Å². The smallest absolute Gasteiger partial charge is 0.159 e. The Morgan fingerprint density at radius 1 is 1.33 bits per heavy atom. The molecule has 0 bridgehead atoms. The summed E-state index contributed by atoms with van der Waals surface area (Å²) in [5.41, 5.74) is 0.979. The molecule has 0 saturated heterocycles. The molecule has 0 spiro atoms. The molecule has 0 aliphatic carbocycles. The standard InChI is InChI=1S/C10H9NO/c11-8-10(12)7-6-9-4-2-1-3-5-9/h1-7,10,12H/b7-6+. The summed E-state index contributed by atoms with van der Waals surface area (Å²) >= 11 is 0. The van der Waals surface area contributed by atoms with Crippen LogP contribution in [0.1, 0.15) is 5.56 Å². The number of hydrogen-bond acceptors (Lipinski definition) is 2. The molecule has 12 heavy (non-hydrogen) atoms. The molecule has 2 nitrogen and oxygen atoms in total. The lowest BCUT2D eigenvalue weighted by Gasteiger charge is -1.92. The fourth-order valence-electron chi connectivity index (χ4n) is 0.809.